The largest absolute Gasteiger partial charge is 0.494 e. The molecule has 64 heavy (non-hydrogen) atoms. The molecule has 0 radical (unpaired) electrons. The average molecular weight is 910 g/mol. The highest BCUT2D eigenvalue weighted by atomic mass is 35.5. The molecule has 3 amide bonds. The van der Waals surface area contributed by atoms with Crippen LogP contribution in [0.5, 0.6) is 11.5 Å². The lowest BCUT2D eigenvalue weighted by Gasteiger charge is -2.48. The van der Waals surface area contributed by atoms with Gasteiger partial charge in [0.1, 0.15) is 35.8 Å². The molecule has 338 valence electrons. The van der Waals surface area contributed by atoms with E-state index in [2.05, 4.69) is 54.7 Å². The summed E-state index contributed by atoms with van der Waals surface area (Å²) in [6, 6.07) is 17.7. The number of aromatic nitrogens is 2. The number of piperidine rings is 2. The van der Waals surface area contributed by atoms with E-state index in [1.54, 1.807) is 37.6 Å². The van der Waals surface area contributed by atoms with Gasteiger partial charge in [-0.2, -0.15) is 4.98 Å². The van der Waals surface area contributed by atoms with Crippen LogP contribution in [-0.4, -0.2) is 126 Å². The molecule has 3 aromatic carbocycles. The molecule has 15 nitrogen and oxygen atoms in total. The number of amides is 3. The quantitative estimate of drug-likeness (QED) is 0.100. The number of carbonyl (C=O) groups is 3. The first-order valence-corrected chi connectivity index (χ1v) is 25.4. The SMILES string of the molecule is CCc1cc(Nc2ncc(Cl)c(Nc3ccccc3P(C)(C)=O)n2)c(OC)cc1N1CCC(N2CCN(C3CC(Oc4cccc5c4CN([C@H]4CCC(=O)NC4=O)C5=O)C3)CC2)CC1. The van der Waals surface area contributed by atoms with Crippen molar-refractivity contribution in [2.75, 3.05) is 75.2 Å². The Morgan fingerprint density at radius 1 is 0.875 bits per heavy atom. The number of hydrogen-bond donors (Lipinski definition) is 3. The molecule has 1 atom stereocenters. The van der Waals surface area contributed by atoms with E-state index in [4.69, 9.17) is 26.1 Å². The lowest BCUT2D eigenvalue weighted by atomic mass is 9.87. The Balaban J connectivity index is 0.760. The molecule has 3 N–H and O–H groups in total. The van der Waals surface area contributed by atoms with E-state index in [9.17, 15) is 18.9 Å². The fourth-order valence-corrected chi connectivity index (χ4v) is 11.3. The Kier molecular flexibility index (Phi) is 12.6. The van der Waals surface area contributed by atoms with E-state index in [1.165, 1.54) is 11.3 Å². The molecule has 17 heteroatoms. The number of halogens is 1. The number of anilines is 5. The summed E-state index contributed by atoms with van der Waals surface area (Å²) in [5.41, 5.74) is 5.26. The third-order valence-corrected chi connectivity index (χ3v) is 15.4. The number of fused-ring (bicyclic) bond motifs is 1. The number of ether oxygens (including phenoxy) is 2. The van der Waals surface area contributed by atoms with Crippen LogP contribution < -0.4 is 35.6 Å². The van der Waals surface area contributed by atoms with Crippen molar-refractivity contribution in [3.63, 3.8) is 0 Å². The maximum atomic E-state index is 13.3. The molecule has 5 heterocycles. The summed E-state index contributed by atoms with van der Waals surface area (Å²) in [7, 11) is -0.880. The molecule has 0 unspecified atom stereocenters. The van der Waals surface area contributed by atoms with Crippen molar-refractivity contribution in [1.82, 2.24) is 30.0 Å². The number of nitrogens with one attached hydrogen (secondary N) is 3. The number of piperazine rings is 1. The monoisotopic (exact) mass is 909 g/mol. The van der Waals surface area contributed by atoms with Gasteiger partial charge in [0.25, 0.3) is 5.91 Å². The number of aryl methyl sites for hydroxylation is 1. The summed E-state index contributed by atoms with van der Waals surface area (Å²) in [6.07, 6.45) is 7.15. The summed E-state index contributed by atoms with van der Waals surface area (Å²) in [5, 5.41) is 10.1. The van der Waals surface area contributed by atoms with Crippen LogP contribution in [-0.2, 0) is 27.1 Å². The number of benzene rings is 3. The van der Waals surface area contributed by atoms with Crippen LogP contribution in [0, 0.1) is 0 Å². The van der Waals surface area contributed by atoms with E-state index in [-0.39, 0.29) is 24.3 Å². The zero-order chi connectivity index (χ0) is 44.7. The van der Waals surface area contributed by atoms with E-state index >= 15 is 0 Å². The van der Waals surface area contributed by atoms with E-state index in [0.29, 0.717) is 58.8 Å². The Labute approximate surface area is 379 Å². The van der Waals surface area contributed by atoms with Crippen molar-refractivity contribution < 1.29 is 28.4 Å². The van der Waals surface area contributed by atoms with Crippen molar-refractivity contribution in [3.05, 3.63) is 82.5 Å². The van der Waals surface area contributed by atoms with E-state index < -0.39 is 19.1 Å². The maximum Gasteiger partial charge on any atom is 0.255 e. The van der Waals surface area contributed by atoms with Crippen LogP contribution in [0.25, 0.3) is 0 Å². The van der Waals surface area contributed by atoms with Crippen LogP contribution in [0.1, 0.15) is 66.9 Å². The lowest BCUT2D eigenvalue weighted by Crippen LogP contribution is -2.58. The normalized spacial score (nSPS) is 22.2. The smallest absolute Gasteiger partial charge is 0.255 e. The molecule has 1 saturated carbocycles. The second-order valence-corrected chi connectivity index (χ2v) is 21.5. The van der Waals surface area contributed by atoms with Crippen molar-refractivity contribution in [2.45, 2.75) is 82.6 Å². The first kappa shape index (κ1) is 44.0. The van der Waals surface area contributed by atoms with Gasteiger partial charge in [0.2, 0.25) is 17.8 Å². The van der Waals surface area contributed by atoms with Gasteiger partial charge in [0.05, 0.1) is 31.2 Å². The van der Waals surface area contributed by atoms with Crippen molar-refractivity contribution >= 4 is 70.6 Å². The van der Waals surface area contributed by atoms with Gasteiger partial charge in [-0.15, -0.1) is 0 Å². The Morgan fingerprint density at radius 3 is 2.31 bits per heavy atom. The van der Waals surface area contributed by atoms with Gasteiger partial charge in [0.15, 0.2) is 5.82 Å². The van der Waals surface area contributed by atoms with Crippen LogP contribution in [0.4, 0.5) is 28.8 Å². The molecule has 3 saturated heterocycles. The Hall–Kier alpha value is -5.21. The predicted molar refractivity (Wildman–Crippen MR) is 250 cm³/mol. The summed E-state index contributed by atoms with van der Waals surface area (Å²) in [4.78, 5) is 56.1. The minimum Gasteiger partial charge on any atom is -0.494 e. The van der Waals surface area contributed by atoms with Gasteiger partial charge in [-0.25, -0.2) is 4.98 Å². The highest BCUT2D eigenvalue weighted by Crippen LogP contribution is 2.41. The molecule has 1 aliphatic carbocycles. The van der Waals surface area contributed by atoms with Crippen molar-refractivity contribution in [1.29, 1.82) is 0 Å². The minimum absolute atomic E-state index is 0.0876. The average Bonchev–Trinajstić information content (AvgIpc) is 3.61. The number of rotatable bonds is 13. The van der Waals surface area contributed by atoms with Crippen LogP contribution in [0.15, 0.2) is 60.8 Å². The summed E-state index contributed by atoms with van der Waals surface area (Å²) < 4.78 is 25.4. The molecule has 9 rings (SSSR count). The van der Waals surface area contributed by atoms with Crippen molar-refractivity contribution in [3.8, 4) is 11.5 Å². The fourth-order valence-electron chi connectivity index (χ4n) is 9.99. The molecular formula is C47H57ClN9O6P. The highest BCUT2D eigenvalue weighted by molar-refractivity contribution is 7.70. The third kappa shape index (κ3) is 9.05. The molecule has 1 aromatic heterocycles. The number of carbonyl (C=O) groups excluding carboxylic acids is 3. The molecule has 5 aliphatic rings. The first-order chi connectivity index (χ1) is 30.9. The first-order valence-electron chi connectivity index (χ1n) is 22.4. The third-order valence-electron chi connectivity index (χ3n) is 13.6. The van der Waals surface area contributed by atoms with Gasteiger partial charge in [0, 0.05) is 98.8 Å². The molecular weight excluding hydrogens is 853 g/mol. The van der Waals surface area contributed by atoms with Gasteiger partial charge in [-0.3, -0.25) is 29.5 Å². The van der Waals surface area contributed by atoms with Gasteiger partial charge in [-0.1, -0.05) is 36.7 Å². The molecule has 4 aliphatic heterocycles. The zero-order valence-electron chi connectivity index (χ0n) is 36.9. The number of imide groups is 1. The molecule has 0 bridgehead atoms. The van der Waals surface area contributed by atoms with Crippen LogP contribution >= 0.6 is 18.7 Å². The predicted octanol–water partition coefficient (Wildman–Crippen LogP) is 6.39. The van der Waals surface area contributed by atoms with Gasteiger partial charge < -0.3 is 34.5 Å². The topological polar surface area (TPSA) is 162 Å². The fraction of sp³-hybridized carbons (Fsp3) is 0.468. The van der Waals surface area contributed by atoms with Crippen molar-refractivity contribution in [2.24, 2.45) is 0 Å². The van der Waals surface area contributed by atoms with Gasteiger partial charge in [-0.05, 0) is 74.9 Å². The van der Waals surface area contributed by atoms with Crippen LogP contribution in [0.3, 0.4) is 0 Å². The standard InChI is InChI=1S/C47H57ClN9O6P/c1-5-29-23-37(51-47-49-27-35(48)44(53-47)50-36-10-6-7-12-42(36)64(3,4)61)41(62-2)26-39(29)56-17-15-30(16-18-56)54-19-21-55(22-20-54)31-24-32(25-31)63-40-11-8-9-33-34(40)28-57(46(33)60)38-13-14-43(58)52-45(38)59/h6-12,23,26-27,30-32,38H,5,13-22,24-25,28H2,1-4H3,(H,52,58,59)(H2,49,50,51,53)/t31?,32?,38-/m0/s1. The van der Waals surface area contributed by atoms with E-state index in [0.717, 1.165) is 93.7 Å². The highest BCUT2D eigenvalue weighted by Gasteiger charge is 2.42. The number of methoxy groups -OCH3 is 1. The number of nitrogens with zero attached hydrogens (tertiary/aromatic N) is 6. The summed E-state index contributed by atoms with van der Waals surface area (Å²) in [6.45, 7) is 12.1. The molecule has 0 spiro atoms. The second-order valence-electron chi connectivity index (χ2n) is 17.9. The van der Waals surface area contributed by atoms with Gasteiger partial charge >= 0.3 is 0 Å². The summed E-state index contributed by atoms with van der Waals surface area (Å²) in [5.74, 6) is 1.31. The number of para-hydroxylation sites is 1. The van der Waals surface area contributed by atoms with Crippen LogP contribution in [0.2, 0.25) is 5.02 Å². The molecule has 4 aromatic rings. The minimum atomic E-state index is -2.56. The zero-order valence-corrected chi connectivity index (χ0v) is 38.6. The Morgan fingerprint density at radius 2 is 1.61 bits per heavy atom. The maximum absolute atomic E-state index is 13.3. The number of hydrogen-bond acceptors (Lipinski definition) is 13. The summed E-state index contributed by atoms with van der Waals surface area (Å²) >= 11 is 6.54. The lowest BCUT2D eigenvalue weighted by molar-refractivity contribution is -0.136. The Bertz CT molecular complexity index is 2480. The van der Waals surface area contributed by atoms with E-state index in [1.807, 2.05) is 36.4 Å². The molecule has 4 fully saturated rings. The second kappa shape index (κ2) is 18.3.